The van der Waals surface area contributed by atoms with Crippen LogP contribution in [0.1, 0.15) is 18.4 Å². The molecule has 10 heteroatoms. The summed E-state index contributed by atoms with van der Waals surface area (Å²) >= 11 is 1.45. The second-order valence-electron chi connectivity index (χ2n) is 7.55. The Morgan fingerprint density at radius 2 is 2.06 bits per heavy atom. The molecule has 31 heavy (non-hydrogen) atoms. The van der Waals surface area contributed by atoms with Gasteiger partial charge in [0.1, 0.15) is 5.75 Å². The normalized spacial score (nSPS) is 15.8. The number of pyridine rings is 1. The minimum atomic E-state index is -3.24. The number of rotatable bonds is 6. The summed E-state index contributed by atoms with van der Waals surface area (Å²) in [5, 5.41) is 0.614. The van der Waals surface area contributed by atoms with Crippen LogP contribution in [0, 0.1) is 5.92 Å². The number of piperidine rings is 1. The number of fused-ring (bicyclic) bond motifs is 1. The van der Waals surface area contributed by atoms with Gasteiger partial charge in [-0.25, -0.2) is 17.7 Å². The number of amides is 1. The van der Waals surface area contributed by atoms with Crippen LogP contribution in [0.2, 0.25) is 0 Å². The van der Waals surface area contributed by atoms with Crippen LogP contribution < -0.4 is 9.64 Å². The molecule has 0 aliphatic carbocycles. The summed E-state index contributed by atoms with van der Waals surface area (Å²) in [5.41, 5.74) is 1.68. The second-order valence-corrected chi connectivity index (χ2v) is 10.5. The molecule has 1 amide bonds. The van der Waals surface area contributed by atoms with Gasteiger partial charge in [0, 0.05) is 37.5 Å². The number of anilines is 1. The van der Waals surface area contributed by atoms with Crippen LogP contribution in [0.3, 0.4) is 0 Å². The Bertz CT molecular complexity index is 1170. The van der Waals surface area contributed by atoms with Crippen molar-refractivity contribution in [2.45, 2.75) is 19.4 Å². The van der Waals surface area contributed by atoms with E-state index in [9.17, 15) is 13.2 Å². The van der Waals surface area contributed by atoms with Crippen LogP contribution in [-0.4, -0.2) is 55.1 Å². The Kier molecular flexibility index (Phi) is 6.22. The van der Waals surface area contributed by atoms with E-state index in [1.165, 1.54) is 21.9 Å². The highest BCUT2D eigenvalue weighted by atomic mass is 32.2. The maximum atomic E-state index is 13.5. The third kappa shape index (κ3) is 4.86. The highest BCUT2D eigenvalue weighted by Crippen LogP contribution is 2.34. The number of ether oxygens (including phenoxy) is 1. The van der Waals surface area contributed by atoms with E-state index < -0.39 is 10.0 Å². The minimum absolute atomic E-state index is 0.0389. The van der Waals surface area contributed by atoms with E-state index in [-0.39, 0.29) is 11.8 Å². The van der Waals surface area contributed by atoms with E-state index in [4.69, 9.17) is 9.72 Å². The zero-order chi connectivity index (χ0) is 22.0. The zero-order valence-electron chi connectivity index (χ0n) is 17.4. The number of carbonyl (C=O) groups excluding carboxylic acids is 1. The summed E-state index contributed by atoms with van der Waals surface area (Å²) < 4.78 is 31.3. The predicted octanol–water partition coefficient (Wildman–Crippen LogP) is 2.90. The maximum absolute atomic E-state index is 13.5. The average molecular weight is 461 g/mol. The Morgan fingerprint density at radius 3 is 2.71 bits per heavy atom. The summed E-state index contributed by atoms with van der Waals surface area (Å²) in [6.45, 7) is 1.07. The molecule has 1 fully saturated rings. The monoisotopic (exact) mass is 460 g/mol. The molecule has 0 spiro atoms. The van der Waals surface area contributed by atoms with Crippen LogP contribution in [-0.2, 0) is 21.4 Å². The van der Waals surface area contributed by atoms with Crippen molar-refractivity contribution in [3.63, 3.8) is 0 Å². The first-order chi connectivity index (χ1) is 14.8. The van der Waals surface area contributed by atoms with E-state index >= 15 is 0 Å². The molecule has 0 saturated carbocycles. The number of hydrogen-bond acceptors (Lipinski definition) is 7. The predicted molar refractivity (Wildman–Crippen MR) is 121 cm³/mol. The number of benzene rings is 1. The van der Waals surface area contributed by atoms with E-state index in [0.717, 1.165) is 15.8 Å². The molecule has 1 saturated heterocycles. The van der Waals surface area contributed by atoms with Crippen LogP contribution in [0.4, 0.5) is 5.13 Å². The SMILES string of the molecule is COc1ccc2sc(N(Cc3cccnc3)C(=O)C3CCN(S(C)(=O)=O)CC3)nc2c1. The Labute approximate surface area is 185 Å². The summed E-state index contributed by atoms with van der Waals surface area (Å²) in [7, 11) is -1.64. The summed E-state index contributed by atoms with van der Waals surface area (Å²) in [6, 6.07) is 9.43. The molecule has 0 radical (unpaired) electrons. The first-order valence-electron chi connectivity index (χ1n) is 9.95. The van der Waals surface area contributed by atoms with Crippen LogP contribution in [0.25, 0.3) is 10.2 Å². The first-order valence-corrected chi connectivity index (χ1v) is 12.6. The first kappa shape index (κ1) is 21.7. The van der Waals surface area contributed by atoms with Crippen molar-refractivity contribution in [1.29, 1.82) is 0 Å². The largest absolute Gasteiger partial charge is 0.497 e. The molecule has 3 heterocycles. The fourth-order valence-corrected chi connectivity index (χ4v) is 5.53. The van der Waals surface area contributed by atoms with E-state index in [1.807, 2.05) is 30.3 Å². The van der Waals surface area contributed by atoms with Crippen molar-refractivity contribution in [2.75, 3.05) is 31.4 Å². The third-order valence-corrected chi connectivity index (χ3v) is 7.78. The minimum Gasteiger partial charge on any atom is -0.497 e. The van der Waals surface area contributed by atoms with E-state index in [0.29, 0.717) is 43.4 Å². The number of hydrogen-bond donors (Lipinski definition) is 0. The Hall–Kier alpha value is -2.56. The van der Waals surface area contributed by atoms with Crippen molar-refractivity contribution in [3.8, 4) is 5.75 Å². The van der Waals surface area contributed by atoms with Gasteiger partial charge >= 0.3 is 0 Å². The van der Waals surface area contributed by atoms with Gasteiger partial charge in [-0.2, -0.15) is 0 Å². The smallest absolute Gasteiger partial charge is 0.232 e. The van der Waals surface area contributed by atoms with Crippen molar-refractivity contribution in [2.24, 2.45) is 5.92 Å². The van der Waals surface area contributed by atoms with Gasteiger partial charge in [0.25, 0.3) is 0 Å². The topological polar surface area (TPSA) is 92.7 Å². The lowest BCUT2D eigenvalue weighted by Crippen LogP contribution is -2.44. The van der Waals surface area contributed by atoms with Crippen LogP contribution in [0.5, 0.6) is 5.75 Å². The third-order valence-electron chi connectivity index (χ3n) is 5.42. The molecule has 0 atom stereocenters. The summed E-state index contributed by atoms with van der Waals surface area (Å²) in [6.07, 6.45) is 5.63. The maximum Gasteiger partial charge on any atom is 0.232 e. The van der Waals surface area contributed by atoms with Crippen molar-refractivity contribution < 1.29 is 17.9 Å². The van der Waals surface area contributed by atoms with Crippen molar-refractivity contribution in [3.05, 3.63) is 48.3 Å². The summed E-state index contributed by atoms with van der Waals surface area (Å²) in [4.78, 5) is 24.1. The Morgan fingerprint density at radius 1 is 1.29 bits per heavy atom. The molecule has 1 aliphatic heterocycles. The molecule has 0 bridgehead atoms. The van der Waals surface area contributed by atoms with Crippen molar-refractivity contribution in [1.82, 2.24) is 14.3 Å². The standard InChI is InChI=1S/C21H24N4O4S2/c1-29-17-5-6-19-18(12-17)23-21(30-19)25(14-15-4-3-9-22-13-15)20(26)16-7-10-24(11-8-16)31(2,27)28/h3-6,9,12-13,16H,7-8,10-11,14H2,1-2H3. The molecule has 2 aromatic heterocycles. The van der Waals surface area contributed by atoms with E-state index in [2.05, 4.69) is 4.98 Å². The molecule has 0 N–H and O–H groups in total. The number of sulfonamides is 1. The fourth-order valence-electron chi connectivity index (χ4n) is 3.71. The van der Waals surface area contributed by atoms with Gasteiger partial charge < -0.3 is 4.74 Å². The van der Waals surface area contributed by atoms with Gasteiger partial charge in [-0.05, 0) is 36.6 Å². The number of thiazole rings is 1. The lowest BCUT2D eigenvalue weighted by molar-refractivity contribution is -0.123. The van der Waals surface area contributed by atoms with Gasteiger partial charge in [-0.3, -0.25) is 14.7 Å². The Balaban J connectivity index is 1.62. The molecular weight excluding hydrogens is 436 g/mol. The van der Waals surface area contributed by atoms with Crippen molar-refractivity contribution >= 4 is 42.6 Å². The van der Waals surface area contributed by atoms with Gasteiger partial charge in [0.2, 0.25) is 15.9 Å². The highest BCUT2D eigenvalue weighted by molar-refractivity contribution is 7.88. The van der Waals surface area contributed by atoms with E-state index in [1.54, 1.807) is 24.4 Å². The summed E-state index contributed by atoms with van der Waals surface area (Å²) in [5.74, 6) is 0.418. The lowest BCUT2D eigenvalue weighted by atomic mass is 9.96. The zero-order valence-corrected chi connectivity index (χ0v) is 19.0. The molecule has 1 aromatic carbocycles. The molecule has 164 valence electrons. The molecule has 0 unspecified atom stereocenters. The van der Waals surface area contributed by atoms with Crippen LogP contribution in [0.15, 0.2) is 42.7 Å². The number of carbonyl (C=O) groups is 1. The van der Waals surface area contributed by atoms with Gasteiger partial charge in [0.15, 0.2) is 5.13 Å². The lowest BCUT2D eigenvalue weighted by Gasteiger charge is -2.32. The molecular formula is C21H24N4O4S2. The van der Waals surface area contributed by atoms with Gasteiger partial charge in [-0.15, -0.1) is 0 Å². The number of aromatic nitrogens is 2. The fraction of sp³-hybridized carbons (Fsp3) is 0.381. The number of nitrogens with zero attached hydrogens (tertiary/aromatic N) is 4. The van der Waals surface area contributed by atoms with Gasteiger partial charge in [-0.1, -0.05) is 17.4 Å². The average Bonchev–Trinajstić information content (AvgIpc) is 3.20. The molecule has 8 nitrogen and oxygen atoms in total. The quantitative estimate of drug-likeness (QED) is 0.562. The number of methoxy groups -OCH3 is 1. The highest BCUT2D eigenvalue weighted by Gasteiger charge is 2.33. The molecule has 4 rings (SSSR count). The molecule has 3 aromatic rings. The van der Waals surface area contributed by atoms with Gasteiger partial charge in [0.05, 0.1) is 30.1 Å². The molecule has 1 aliphatic rings. The van der Waals surface area contributed by atoms with Crippen LogP contribution >= 0.6 is 11.3 Å². The second kappa shape index (κ2) is 8.89.